The average molecular weight is 720 g/mol. The number of halogens is 1. The van der Waals surface area contributed by atoms with Crippen LogP contribution < -0.4 is 14.4 Å². The van der Waals surface area contributed by atoms with Crippen molar-refractivity contribution in [2.45, 2.75) is 31.4 Å². The first-order valence-electron chi connectivity index (χ1n) is 16.6. The summed E-state index contributed by atoms with van der Waals surface area (Å²) in [6, 6.07) is 25.2. The lowest BCUT2D eigenvalue weighted by Crippen LogP contribution is -2.46. The predicted molar refractivity (Wildman–Crippen MR) is 196 cm³/mol. The molecule has 2 aliphatic heterocycles. The van der Waals surface area contributed by atoms with Crippen LogP contribution in [0.25, 0.3) is 0 Å². The first-order chi connectivity index (χ1) is 23.7. The largest absolute Gasteiger partial charge is 0.478 e. The molecule has 0 atom stereocenters. The van der Waals surface area contributed by atoms with E-state index in [1.54, 1.807) is 18.2 Å². The molecule has 0 radical (unpaired) electrons. The summed E-state index contributed by atoms with van der Waals surface area (Å²) in [6.07, 6.45) is 2.84. The van der Waals surface area contributed by atoms with E-state index in [0.29, 0.717) is 41.5 Å². The molecule has 4 aromatic rings. The van der Waals surface area contributed by atoms with Gasteiger partial charge in [0.25, 0.3) is 5.91 Å². The number of piperazine rings is 1. The van der Waals surface area contributed by atoms with Crippen LogP contribution in [0.2, 0.25) is 0 Å². The number of carboxylic acid groups (broad SMARTS) is 1. The van der Waals surface area contributed by atoms with Crippen LogP contribution in [0.1, 0.15) is 57.5 Å². The fourth-order valence-electron chi connectivity index (χ4n) is 6.42. The van der Waals surface area contributed by atoms with Crippen LogP contribution in [0.5, 0.6) is 11.6 Å². The highest BCUT2D eigenvalue weighted by atomic mass is 35.5. The van der Waals surface area contributed by atoms with Crippen LogP contribution in [-0.2, 0) is 15.8 Å². The summed E-state index contributed by atoms with van der Waals surface area (Å²) in [4.78, 5) is 35.3. The molecular weight excluding hydrogens is 678 g/mol. The Morgan fingerprint density at radius 1 is 0.880 bits per heavy atom. The number of anilines is 2. The van der Waals surface area contributed by atoms with Gasteiger partial charge in [-0.1, -0.05) is 49.4 Å². The molecule has 2 fully saturated rings. The van der Waals surface area contributed by atoms with Crippen LogP contribution in [0.3, 0.4) is 0 Å². The maximum absolute atomic E-state index is 13.8. The number of nitrogens with one attached hydrogen (secondary N) is 1. The highest BCUT2D eigenvalue weighted by molar-refractivity contribution is 7.91. The van der Waals surface area contributed by atoms with Crippen LogP contribution in [-0.4, -0.2) is 86.0 Å². The van der Waals surface area contributed by atoms with Gasteiger partial charge in [0.2, 0.25) is 15.9 Å². The first-order valence-corrected chi connectivity index (χ1v) is 18.2. The Hall–Kier alpha value is -4.65. The minimum Gasteiger partial charge on any atom is -0.478 e. The monoisotopic (exact) mass is 719 g/mol. The normalized spacial score (nSPS) is 15.6. The Balaban J connectivity index is 0.00000486. The molecule has 1 aromatic heterocycles. The number of hydrogen-bond acceptors (Lipinski definition) is 8. The second kappa shape index (κ2) is 16.4. The molecule has 50 heavy (non-hydrogen) atoms. The number of piperidine rings is 1. The first kappa shape index (κ1) is 36.6. The van der Waals surface area contributed by atoms with Crippen molar-refractivity contribution in [3.63, 3.8) is 0 Å². The molecule has 11 nitrogen and oxygen atoms in total. The average Bonchev–Trinajstić information content (AvgIpc) is 3.12. The number of aromatic nitrogens is 1. The fourth-order valence-corrected chi connectivity index (χ4v) is 7.63. The highest BCUT2D eigenvalue weighted by Crippen LogP contribution is 2.33. The maximum atomic E-state index is 13.8. The van der Waals surface area contributed by atoms with E-state index in [1.165, 1.54) is 18.3 Å². The van der Waals surface area contributed by atoms with E-state index in [2.05, 4.69) is 26.4 Å². The van der Waals surface area contributed by atoms with Crippen molar-refractivity contribution < 1.29 is 27.9 Å². The van der Waals surface area contributed by atoms with Crippen LogP contribution in [0, 0.1) is 0 Å². The van der Waals surface area contributed by atoms with E-state index < -0.39 is 16.0 Å². The zero-order valence-electron chi connectivity index (χ0n) is 27.9. The van der Waals surface area contributed by atoms with Gasteiger partial charge in [-0.3, -0.25) is 9.52 Å². The molecule has 0 aliphatic carbocycles. The number of benzene rings is 3. The zero-order chi connectivity index (χ0) is 34.4. The smallest absolute Gasteiger partial charge is 0.337 e. The van der Waals surface area contributed by atoms with Crippen molar-refractivity contribution >= 4 is 45.7 Å². The number of aromatic carboxylic acids is 1. The number of carbonyl (C=O) groups is 2. The molecule has 0 spiro atoms. The lowest BCUT2D eigenvalue weighted by molar-refractivity contribution is 0.0692. The van der Waals surface area contributed by atoms with Crippen molar-refractivity contribution in [3.8, 4) is 11.6 Å². The number of ether oxygens (including phenoxy) is 1. The SMILES string of the molecule is CCN1CCN(c2ccc(C(=O)N3CCC(c4ccc(Oc5ccc(C(=O)O)cn5)cc4)CC3)cc2NS(=O)(=O)Cc2ccccc2)CC1.Cl. The van der Waals surface area contributed by atoms with Gasteiger partial charge < -0.3 is 24.5 Å². The Kier molecular flexibility index (Phi) is 12.0. The molecule has 2 aliphatic rings. The third-order valence-electron chi connectivity index (χ3n) is 9.21. The van der Waals surface area contributed by atoms with Gasteiger partial charge in [0.1, 0.15) is 5.75 Å². The number of pyridine rings is 1. The Labute approximate surface area is 299 Å². The summed E-state index contributed by atoms with van der Waals surface area (Å²) < 4.78 is 35.3. The number of likely N-dealkylation sites (tertiary alicyclic amines) is 1. The van der Waals surface area contributed by atoms with E-state index >= 15 is 0 Å². The molecule has 2 N–H and O–H groups in total. The summed E-state index contributed by atoms with van der Waals surface area (Å²) in [5.74, 6) is -0.143. The quantitative estimate of drug-likeness (QED) is 0.189. The van der Waals surface area contributed by atoms with Gasteiger partial charge in [0.15, 0.2) is 0 Å². The number of hydrogen-bond donors (Lipinski definition) is 2. The zero-order valence-corrected chi connectivity index (χ0v) is 29.5. The predicted octanol–water partition coefficient (Wildman–Crippen LogP) is 6.10. The number of carboxylic acids is 1. The molecule has 1 amide bonds. The summed E-state index contributed by atoms with van der Waals surface area (Å²) in [5.41, 5.74) is 3.60. The van der Waals surface area contributed by atoms with E-state index in [0.717, 1.165) is 56.8 Å². The third kappa shape index (κ3) is 9.12. The van der Waals surface area contributed by atoms with E-state index in [-0.39, 0.29) is 35.5 Å². The van der Waals surface area contributed by atoms with Gasteiger partial charge in [0.05, 0.1) is 22.7 Å². The maximum Gasteiger partial charge on any atom is 0.337 e. The third-order valence-corrected chi connectivity index (χ3v) is 10.5. The Bertz CT molecular complexity index is 1860. The van der Waals surface area contributed by atoms with Gasteiger partial charge in [0, 0.05) is 57.1 Å². The molecular formula is C37H42ClN5O6S. The lowest BCUT2D eigenvalue weighted by Gasteiger charge is -2.36. The number of amides is 1. The molecule has 0 unspecified atom stereocenters. The molecule has 13 heteroatoms. The van der Waals surface area contributed by atoms with Gasteiger partial charge >= 0.3 is 5.97 Å². The minimum atomic E-state index is -3.74. The number of likely N-dealkylation sites (N-methyl/N-ethyl adjacent to an activating group) is 1. The molecule has 2 saturated heterocycles. The van der Waals surface area contributed by atoms with E-state index in [4.69, 9.17) is 9.84 Å². The Morgan fingerprint density at radius 2 is 1.56 bits per heavy atom. The minimum absolute atomic E-state index is 0. The summed E-state index contributed by atoms with van der Waals surface area (Å²) in [6.45, 7) is 7.58. The molecule has 264 valence electrons. The number of carbonyl (C=O) groups excluding carboxylic acids is 1. The van der Waals surface area contributed by atoms with Crippen LogP contribution in [0.4, 0.5) is 11.4 Å². The summed E-state index contributed by atoms with van der Waals surface area (Å²) >= 11 is 0. The molecule has 6 rings (SSSR count). The summed E-state index contributed by atoms with van der Waals surface area (Å²) in [7, 11) is -3.74. The second-order valence-electron chi connectivity index (χ2n) is 12.4. The van der Waals surface area contributed by atoms with E-state index in [9.17, 15) is 18.0 Å². The van der Waals surface area contributed by atoms with Crippen LogP contribution in [0.15, 0.2) is 91.1 Å². The standard InChI is InChI=1S/C37H41N5O6S.ClH/c1-2-40-20-22-41(23-21-40)34-14-10-30(24-33(34)39-49(46,47)26-27-6-4-3-5-7-27)36(43)42-18-16-29(17-19-42)28-8-12-32(13-9-28)48-35-15-11-31(25-38-35)37(44)45;/h3-15,24-25,29,39H,2,16-23,26H2,1H3,(H,44,45);1H. The second-order valence-corrected chi connectivity index (χ2v) is 14.2. The lowest BCUT2D eigenvalue weighted by atomic mass is 9.89. The number of sulfonamides is 1. The van der Waals surface area contributed by atoms with Crippen molar-refractivity contribution in [1.82, 2.24) is 14.8 Å². The van der Waals surface area contributed by atoms with Crippen molar-refractivity contribution in [2.75, 3.05) is 55.4 Å². The fraction of sp³-hybridized carbons (Fsp3) is 0.324. The van der Waals surface area contributed by atoms with Gasteiger partial charge in [-0.05, 0) is 72.8 Å². The van der Waals surface area contributed by atoms with Gasteiger partial charge in [-0.2, -0.15) is 0 Å². The molecule has 0 bridgehead atoms. The van der Waals surface area contributed by atoms with Crippen LogP contribution >= 0.6 is 12.4 Å². The number of rotatable bonds is 11. The molecule has 3 heterocycles. The van der Waals surface area contributed by atoms with Crippen molar-refractivity contribution in [2.24, 2.45) is 0 Å². The molecule has 0 saturated carbocycles. The Morgan fingerprint density at radius 3 is 2.18 bits per heavy atom. The highest BCUT2D eigenvalue weighted by Gasteiger charge is 2.27. The van der Waals surface area contributed by atoms with Gasteiger partial charge in [-0.15, -0.1) is 12.4 Å². The molecule has 3 aromatic carbocycles. The van der Waals surface area contributed by atoms with Crippen molar-refractivity contribution in [3.05, 3.63) is 113 Å². The summed E-state index contributed by atoms with van der Waals surface area (Å²) in [5, 5.41) is 9.05. The van der Waals surface area contributed by atoms with E-state index in [1.807, 2.05) is 59.5 Å². The van der Waals surface area contributed by atoms with Gasteiger partial charge in [-0.25, -0.2) is 18.2 Å². The van der Waals surface area contributed by atoms with Crippen molar-refractivity contribution in [1.29, 1.82) is 0 Å². The topological polar surface area (TPSA) is 132 Å². The number of nitrogens with zero attached hydrogens (tertiary/aromatic N) is 4.